The Labute approximate surface area is 173 Å². The summed E-state index contributed by atoms with van der Waals surface area (Å²) < 4.78 is 10.4. The molecule has 0 unspecified atom stereocenters. The van der Waals surface area contributed by atoms with Crippen LogP contribution in [0.25, 0.3) is 0 Å². The molecule has 0 spiro atoms. The SMILES string of the molecule is Cc1noc(C)c1CC(=O)N1CCC(c2cc(C(=O)NCc3ccco3)n[nH]2)CC1. The number of carbonyl (C=O) groups is 2. The summed E-state index contributed by atoms with van der Waals surface area (Å²) in [6.45, 7) is 5.35. The Bertz CT molecular complexity index is 993. The van der Waals surface area contributed by atoms with Gasteiger partial charge in [-0.05, 0) is 44.9 Å². The highest BCUT2D eigenvalue weighted by atomic mass is 16.5. The second-order valence-electron chi connectivity index (χ2n) is 7.61. The van der Waals surface area contributed by atoms with Gasteiger partial charge in [-0.1, -0.05) is 5.16 Å². The summed E-state index contributed by atoms with van der Waals surface area (Å²) in [5.74, 6) is 1.47. The van der Waals surface area contributed by atoms with E-state index in [0.717, 1.165) is 29.8 Å². The number of H-pyrrole nitrogens is 1. The zero-order valence-corrected chi connectivity index (χ0v) is 17.1. The molecule has 1 aliphatic heterocycles. The van der Waals surface area contributed by atoms with Crippen molar-refractivity contribution in [3.63, 3.8) is 0 Å². The molecule has 30 heavy (non-hydrogen) atoms. The summed E-state index contributed by atoms with van der Waals surface area (Å²) in [4.78, 5) is 26.8. The van der Waals surface area contributed by atoms with Gasteiger partial charge >= 0.3 is 0 Å². The van der Waals surface area contributed by atoms with Crippen LogP contribution in [0.4, 0.5) is 0 Å². The monoisotopic (exact) mass is 411 g/mol. The number of aromatic amines is 1. The van der Waals surface area contributed by atoms with E-state index in [1.54, 1.807) is 24.5 Å². The first kappa shape index (κ1) is 19.9. The van der Waals surface area contributed by atoms with Crippen LogP contribution >= 0.6 is 0 Å². The van der Waals surface area contributed by atoms with Crippen LogP contribution < -0.4 is 5.32 Å². The minimum atomic E-state index is -0.249. The number of hydrogen-bond donors (Lipinski definition) is 2. The molecule has 9 heteroatoms. The number of aryl methyl sites for hydroxylation is 2. The van der Waals surface area contributed by atoms with Crippen LogP contribution in [0, 0.1) is 13.8 Å². The van der Waals surface area contributed by atoms with Crippen molar-refractivity contribution in [2.24, 2.45) is 0 Å². The van der Waals surface area contributed by atoms with Crippen LogP contribution in [-0.4, -0.2) is 45.2 Å². The first-order valence-corrected chi connectivity index (χ1v) is 10.1. The van der Waals surface area contributed by atoms with Gasteiger partial charge < -0.3 is 19.2 Å². The highest BCUT2D eigenvalue weighted by molar-refractivity contribution is 5.92. The molecular formula is C21H25N5O4. The van der Waals surface area contributed by atoms with Gasteiger partial charge in [-0.3, -0.25) is 14.7 Å². The van der Waals surface area contributed by atoms with E-state index in [2.05, 4.69) is 20.7 Å². The molecule has 0 atom stereocenters. The smallest absolute Gasteiger partial charge is 0.272 e. The van der Waals surface area contributed by atoms with Gasteiger partial charge in [-0.25, -0.2) is 0 Å². The number of amides is 2. The summed E-state index contributed by atoms with van der Waals surface area (Å²) in [5.41, 5.74) is 2.93. The molecule has 3 aromatic rings. The van der Waals surface area contributed by atoms with Crippen molar-refractivity contribution in [1.29, 1.82) is 0 Å². The molecule has 2 amide bonds. The third kappa shape index (κ3) is 4.29. The molecule has 4 rings (SSSR count). The Hall–Kier alpha value is -3.36. The van der Waals surface area contributed by atoms with Crippen molar-refractivity contribution >= 4 is 11.8 Å². The number of piperidine rings is 1. The van der Waals surface area contributed by atoms with Gasteiger partial charge in [-0.2, -0.15) is 5.10 Å². The third-order valence-electron chi connectivity index (χ3n) is 5.63. The van der Waals surface area contributed by atoms with E-state index in [-0.39, 0.29) is 17.7 Å². The first-order chi connectivity index (χ1) is 14.5. The number of nitrogens with zero attached hydrogens (tertiary/aromatic N) is 3. The maximum Gasteiger partial charge on any atom is 0.272 e. The van der Waals surface area contributed by atoms with Crippen molar-refractivity contribution in [3.8, 4) is 0 Å². The standard InChI is InChI=1S/C21H25N5O4/c1-13-17(14(2)30-25-13)10-20(27)26-7-5-15(6-8-26)18-11-19(24-23-18)21(28)22-12-16-4-3-9-29-16/h3-4,9,11,15H,5-8,10,12H2,1-2H3,(H,22,28)(H,23,24). The number of furan rings is 1. The van der Waals surface area contributed by atoms with Gasteiger partial charge in [0.15, 0.2) is 0 Å². The van der Waals surface area contributed by atoms with E-state index >= 15 is 0 Å². The summed E-state index contributed by atoms with van der Waals surface area (Å²) in [6, 6.07) is 5.38. The van der Waals surface area contributed by atoms with Crippen molar-refractivity contribution < 1.29 is 18.5 Å². The van der Waals surface area contributed by atoms with Gasteiger partial charge in [0.25, 0.3) is 5.91 Å². The van der Waals surface area contributed by atoms with Crippen LogP contribution in [0.15, 0.2) is 33.4 Å². The fourth-order valence-corrected chi connectivity index (χ4v) is 3.79. The van der Waals surface area contributed by atoms with Gasteiger partial charge in [0.1, 0.15) is 17.2 Å². The first-order valence-electron chi connectivity index (χ1n) is 10.1. The average Bonchev–Trinajstić information content (AvgIpc) is 3.51. The Balaban J connectivity index is 1.29. The van der Waals surface area contributed by atoms with Crippen molar-refractivity contribution in [2.75, 3.05) is 13.1 Å². The van der Waals surface area contributed by atoms with E-state index in [0.29, 0.717) is 43.3 Å². The van der Waals surface area contributed by atoms with Gasteiger partial charge in [0.2, 0.25) is 5.91 Å². The van der Waals surface area contributed by atoms with Gasteiger partial charge in [0, 0.05) is 30.3 Å². The normalized spacial score (nSPS) is 14.8. The number of rotatable bonds is 6. The summed E-state index contributed by atoms with van der Waals surface area (Å²) in [7, 11) is 0. The summed E-state index contributed by atoms with van der Waals surface area (Å²) in [6.07, 6.45) is 3.53. The zero-order chi connectivity index (χ0) is 21.1. The van der Waals surface area contributed by atoms with Gasteiger partial charge in [0.05, 0.1) is 24.9 Å². The number of carbonyl (C=O) groups excluding carboxylic acids is 2. The van der Waals surface area contributed by atoms with E-state index in [1.807, 2.05) is 18.7 Å². The molecule has 1 aliphatic rings. The molecule has 158 valence electrons. The van der Waals surface area contributed by atoms with E-state index in [4.69, 9.17) is 8.94 Å². The minimum Gasteiger partial charge on any atom is -0.467 e. The summed E-state index contributed by atoms with van der Waals surface area (Å²) in [5, 5.41) is 13.8. The average molecular weight is 411 g/mol. The predicted octanol–water partition coefficient (Wildman–Crippen LogP) is 2.49. The molecule has 2 N–H and O–H groups in total. The fourth-order valence-electron chi connectivity index (χ4n) is 3.79. The maximum atomic E-state index is 12.7. The molecular weight excluding hydrogens is 386 g/mol. The molecule has 9 nitrogen and oxygen atoms in total. The van der Waals surface area contributed by atoms with Crippen LogP contribution in [-0.2, 0) is 17.8 Å². The van der Waals surface area contributed by atoms with E-state index in [9.17, 15) is 9.59 Å². The lowest BCUT2D eigenvalue weighted by Gasteiger charge is -2.31. The van der Waals surface area contributed by atoms with Gasteiger partial charge in [-0.15, -0.1) is 0 Å². The lowest BCUT2D eigenvalue weighted by atomic mass is 9.93. The largest absolute Gasteiger partial charge is 0.467 e. The van der Waals surface area contributed by atoms with Crippen LogP contribution in [0.2, 0.25) is 0 Å². The Morgan fingerprint density at radius 3 is 2.77 bits per heavy atom. The maximum absolute atomic E-state index is 12.7. The molecule has 1 saturated heterocycles. The topological polar surface area (TPSA) is 117 Å². The molecule has 0 aromatic carbocycles. The van der Waals surface area contributed by atoms with Crippen molar-refractivity contribution in [3.05, 3.63) is 58.6 Å². The second-order valence-corrected chi connectivity index (χ2v) is 7.61. The quantitative estimate of drug-likeness (QED) is 0.644. The Morgan fingerprint density at radius 2 is 2.10 bits per heavy atom. The minimum absolute atomic E-state index is 0.0884. The molecule has 0 bridgehead atoms. The predicted molar refractivity (Wildman–Crippen MR) is 107 cm³/mol. The molecule has 3 aromatic heterocycles. The Morgan fingerprint density at radius 1 is 1.30 bits per heavy atom. The molecule has 4 heterocycles. The lowest BCUT2D eigenvalue weighted by molar-refractivity contribution is -0.131. The Kier molecular flexibility index (Phi) is 5.69. The third-order valence-corrected chi connectivity index (χ3v) is 5.63. The van der Waals surface area contributed by atoms with Crippen LogP contribution in [0.3, 0.4) is 0 Å². The fraction of sp³-hybridized carbons (Fsp3) is 0.429. The number of nitrogens with one attached hydrogen (secondary N) is 2. The van der Waals surface area contributed by atoms with E-state index < -0.39 is 0 Å². The van der Waals surface area contributed by atoms with Crippen LogP contribution in [0.1, 0.15) is 57.7 Å². The molecule has 0 saturated carbocycles. The van der Waals surface area contributed by atoms with Crippen LogP contribution in [0.5, 0.6) is 0 Å². The van der Waals surface area contributed by atoms with Crippen molar-refractivity contribution in [1.82, 2.24) is 25.6 Å². The zero-order valence-electron chi connectivity index (χ0n) is 17.1. The molecule has 1 fully saturated rings. The highest BCUT2D eigenvalue weighted by Crippen LogP contribution is 2.27. The summed E-state index contributed by atoms with van der Waals surface area (Å²) >= 11 is 0. The van der Waals surface area contributed by atoms with Crippen molar-refractivity contribution in [2.45, 2.75) is 45.6 Å². The number of aromatic nitrogens is 3. The second kappa shape index (κ2) is 8.56. The number of likely N-dealkylation sites (tertiary alicyclic amines) is 1. The molecule has 0 radical (unpaired) electrons. The number of hydrogen-bond acceptors (Lipinski definition) is 6. The lowest BCUT2D eigenvalue weighted by Crippen LogP contribution is -2.39. The highest BCUT2D eigenvalue weighted by Gasteiger charge is 2.27. The van der Waals surface area contributed by atoms with E-state index in [1.165, 1.54) is 0 Å². The molecule has 0 aliphatic carbocycles.